The molecule has 0 unspecified atom stereocenters. The van der Waals surface area contributed by atoms with Gasteiger partial charge in [0.1, 0.15) is 0 Å². The van der Waals surface area contributed by atoms with Crippen LogP contribution in [0.2, 0.25) is 0 Å². The number of piperidine rings is 1. The molecule has 1 aromatic carbocycles. The Bertz CT molecular complexity index is 583. The van der Waals surface area contributed by atoms with E-state index in [1.807, 2.05) is 12.1 Å². The van der Waals surface area contributed by atoms with Gasteiger partial charge in [0, 0.05) is 19.2 Å². The number of benzene rings is 1. The number of aryl methyl sites for hydroxylation is 1. The van der Waals surface area contributed by atoms with Gasteiger partial charge in [-0.25, -0.2) is 0 Å². The molecule has 2 atom stereocenters. The van der Waals surface area contributed by atoms with Crippen LogP contribution in [0.1, 0.15) is 37.7 Å². The van der Waals surface area contributed by atoms with Crippen LogP contribution in [0.5, 0.6) is 11.5 Å². The summed E-state index contributed by atoms with van der Waals surface area (Å²) in [6.45, 7) is 2.21. The third-order valence-corrected chi connectivity index (χ3v) is 5.40. The second-order valence-electron chi connectivity index (χ2n) is 6.97. The van der Waals surface area contributed by atoms with Gasteiger partial charge in [0.2, 0.25) is 5.91 Å². The zero-order chi connectivity index (χ0) is 17.6. The molecule has 0 N–H and O–H groups in total. The van der Waals surface area contributed by atoms with Crippen LogP contribution in [-0.4, -0.2) is 50.8 Å². The van der Waals surface area contributed by atoms with Crippen LogP contribution < -0.4 is 9.47 Å². The molecule has 0 aromatic heterocycles. The number of carbonyl (C=O) groups is 1. The summed E-state index contributed by atoms with van der Waals surface area (Å²) >= 11 is 0. The maximum atomic E-state index is 12.8. The molecule has 138 valence electrons. The van der Waals surface area contributed by atoms with Gasteiger partial charge in [-0.3, -0.25) is 4.79 Å². The summed E-state index contributed by atoms with van der Waals surface area (Å²) in [6.07, 6.45) is 6.24. The largest absolute Gasteiger partial charge is 0.493 e. The molecule has 0 bridgehead atoms. The molecule has 0 spiro atoms. The first-order valence-electron chi connectivity index (χ1n) is 9.32. The Morgan fingerprint density at radius 2 is 2.04 bits per heavy atom. The van der Waals surface area contributed by atoms with Crippen molar-refractivity contribution in [3.63, 3.8) is 0 Å². The van der Waals surface area contributed by atoms with Crippen molar-refractivity contribution in [2.75, 3.05) is 34.0 Å². The van der Waals surface area contributed by atoms with Crippen LogP contribution in [0, 0.1) is 5.92 Å². The first-order chi connectivity index (χ1) is 12.2. The second-order valence-corrected chi connectivity index (χ2v) is 6.97. The van der Waals surface area contributed by atoms with Gasteiger partial charge in [-0.1, -0.05) is 6.07 Å². The van der Waals surface area contributed by atoms with E-state index >= 15 is 0 Å². The molecular formula is C20H29NO4. The molecule has 25 heavy (non-hydrogen) atoms. The van der Waals surface area contributed by atoms with Crippen molar-refractivity contribution in [1.82, 2.24) is 4.90 Å². The number of nitrogens with zero attached hydrogens (tertiary/aromatic N) is 1. The van der Waals surface area contributed by atoms with E-state index in [0.29, 0.717) is 18.6 Å². The number of carbonyl (C=O) groups excluding carboxylic acids is 1. The van der Waals surface area contributed by atoms with Gasteiger partial charge >= 0.3 is 0 Å². The molecule has 2 saturated heterocycles. The smallest absolute Gasteiger partial charge is 0.228 e. The minimum atomic E-state index is 0.0710. The summed E-state index contributed by atoms with van der Waals surface area (Å²) in [6, 6.07) is 6.42. The summed E-state index contributed by atoms with van der Waals surface area (Å²) in [5.74, 6) is 1.89. The van der Waals surface area contributed by atoms with Gasteiger partial charge in [-0.05, 0) is 56.2 Å². The Labute approximate surface area is 150 Å². The predicted molar refractivity (Wildman–Crippen MR) is 96.1 cm³/mol. The third kappa shape index (κ3) is 4.27. The lowest BCUT2D eigenvalue weighted by Gasteiger charge is -2.37. The molecule has 5 heteroatoms. The fourth-order valence-corrected chi connectivity index (χ4v) is 3.92. The number of likely N-dealkylation sites (tertiary alicyclic amines) is 1. The van der Waals surface area contributed by atoms with Crippen molar-refractivity contribution in [2.45, 2.75) is 44.6 Å². The Morgan fingerprint density at radius 3 is 2.76 bits per heavy atom. The Kier molecular flexibility index (Phi) is 6.19. The highest BCUT2D eigenvalue weighted by Gasteiger charge is 2.33. The highest BCUT2D eigenvalue weighted by atomic mass is 16.5. The Balaban J connectivity index is 1.62. The van der Waals surface area contributed by atoms with E-state index in [9.17, 15) is 4.79 Å². The van der Waals surface area contributed by atoms with Crippen molar-refractivity contribution in [2.24, 2.45) is 5.92 Å². The molecule has 0 aliphatic carbocycles. The predicted octanol–water partition coefficient (Wildman–Crippen LogP) is 3.05. The average molecular weight is 347 g/mol. The van der Waals surface area contributed by atoms with E-state index in [1.165, 1.54) is 12.0 Å². The van der Waals surface area contributed by atoms with Crippen molar-refractivity contribution < 1.29 is 19.0 Å². The number of hydrogen-bond acceptors (Lipinski definition) is 4. The average Bonchev–Trinajstić information content (AvgIpc) is 3.20. The number of methoxy groups -OCH3 is 2. The maximum absolute atomic E-state index is 12.8. The van der Waals surface area contributed by atoms with Crippen LogP contribution in [0.15, 0.2) is 18.2 Å². The topological polar surface area (TPSA) is 48.0 Å². The van der Waals surface area contributed by atoms with Crippen molar-refractivity contribution >= 4 is 5.91 Å². The summed E-state index contributed by atoms with van der Waals surface area (Å²) in [4.78, 5) is 14.9. The van der Waals surface area contributed by atoms with Crippen molar-refractivity contribution in [3.8, 4) is 11.5 Å². The molecule has 0 radical (unpaired) electrons. The van der Waals surface area contributed by atoms with Crippen LogP contribution in [0.4, 0.5) is 0 Å². The van der Waals surface area contributed by atoms with Gasteiger partial charge in [-0.2, -0.15) is 0 Å². The van der Waals surface area contributed by atoms with E-state index in [-0.39, 0.29) is 5.92 Å². The van der Waals surface area contributed by atoms with Crippen LogP contribution in [0.3, 0.4) is 0 Å². The molecule has 2 aliphatic heterocycles. The highest BCUT2D eigenvalue weighted by molar-refractivity contribution is 5.79. The van der Waals surface area contributed by atoms with Gasteiger partial charge in [0.25, 0.3) is 0 Å². The van der Waals surface area contributed by atoms with Crippen LogP contribution in [0.25, 0.3) is 0 Å². The molecule has 1 amide bonds. The molecule has 0 saturated carbocycles. The van der Waals surface area contributed by atoms with E-state index in [4.69, 9.17) is 14.2 Å². The molecule has 3 rings (SSSR count). The standard InChI is InChI=1S/C20H29NO4/c1-23-18-9-7-15(13-19(18)24-2)6-8-17-5-3-4-11-21(17)20(22)16-10-12-25-14-16/h7,9,13,16-17H,3-6,8,10-12,14H2,1-2H3/t16-,17-/m1/s1. The summed E-state index contributed by atoms with van der Waals surface area (Å²) in [7, 11) is 3.31. The molecular weight excluding hydrogens is 318 g/mol. The highest BCUT2D eigenvalue weighted by Crippen LogP contribution is 2.30. The fourth-order valence-electron chi connectivity index (χ4n) is 3.92. The van der Waals surface area contributed by atoms with Crippen molar-refractivity contribution in [3.05, 3.63) is 23.8 Å². The molecule has 2 heterocycles. The first-order valence-corrected chi connectivity index (χ1v) is 9.32. The van der Waals surface area contributed by atoms with Gasteiger partial charge in [-0.15, -0.1) is 0 Å². The zero-order valence-corrected chi connectivity index (χ0v) is 15.3. The third-order valence-electron chi connectivity index (χ3n) is 5.40. The van der Waals surface area contributed by atoms with Gasteiger partial charge in [0.05, 0.1) is 26.7 Å². The fraction of sp³-hybridized carbons (Fsp3) is 0.650. The van der Waals surface area contributed by atoms with Crippen molar-refractivity contribution in [1.29, 1.82) is 0 Å². The Morgan fingerprint density at radius 1 is 1.20 bits per heavy atom. The van der Waals surface area contributed by atoms with Gasteiger partial charge < -0.3 is 19.1 Å². The first kappa shape index (κ1) is 18.1. The number of rotatable bonds is 6. The lowest BCUT2D eigenvalue weighted by Crippen LogP contribution is -2.46. The SMILES string of the molecule is COc1ccc(CC[C@H]2CCCCN2C(=O)[C@@H]2CCOC2)cc1OC. The quantitative estimate of drug-likeness (QED) is 0.793. The number of hydrogen-bond donors (Lipinski definition) is 0. The molecule has 1 aromatic rings. The van der Waals surface area contributed by atoms with E-state index < -0.39 is 0 Å². The van der Waals surface area contributed by atoms with E-state index in [1.54, 1.807) is 14.2 Å². The number of ether oxygens (including phenoxy) is 3. The summed E-state index contributed by atoms with van der Waals surface area (Å²) in [5, 5.41) is 0. The van der Waals surface area contributed by atoms with Crippen LogP contribution in [-0.2, 0) is 16.0 Å². The normalized spacial score (nSPS) is 23.5. The van der Waals surface area contributed by atoms with Gasteiger partial charge in [0.15, 0.2) is 11.5 Å². The minimum absolute atomic E-state index is 0.0710. The summed E-state index contributed by atoms with van der Waals surface area (Å²) in [5.41, 5.74) is 1.22. The van der Waals surface area contributed by atoms with E-state index in [0.717, 1.165) is 56.8 Å². The lowest BCUT2D eigenvalue weighted by molar-refractivity contribution is -0.139. The van der Waals surface area contributed by atoms with E-state index in [2.05, 4.69) is 11.0 Å². The lowest BCUT2D eigenvalue weighted by atomic mass is 9.94. The molecule has 2 fully saturated rings. The maximum Gasteiger partial charge on any atom is 0.228 e. The number of amides is 1. The molecule has 5 nitrogen and oxygen atoms in total. The van der Waals surface area contributed by atoms with Crippen LogP contribution >= 0.6 is 0 Å². The molecule has 2 aliphatic rings. The Hall–Kier alpha value is -1.75. The second kappa shape index (κ2) is 8.56. The summed E-state index contributed by atoms with van der Waals surface area (Å²) < 4.78 is 16.1. The monoisotopic (exact) mass is 347 g/mol. The minimum Gasteiger partial charge on any atom is -0.493 e. The zero-order valence-electron chi connectivity index (χ0n) is 15.3.